The van der Waals surface area contributed by atoms with Gasteiger partial charge >= 0.3 is 21.1 Å². The van der Waals surface area contributed by atoms with E-state index in [0.29, 0.717) is 5.56 Å². The third-order valence-corrected chi connectivity index (χ3v) is 3.65. The zero-order chi connectivity index (χ0) is 18.9. The van der Waals surface area contributed by atoms with Crippen LogP contribution < -0.4 is 0 Å². The van der Waals surface area contributed by atoms with E-state index in [-0.39, 0.29) is 26.9 Å². The largest absolute Gasteiger partial charge is 2.00 e. The predicted octanol–water partition coefficient (Wildman–Crippen LogP) is 5.37. The Hall–Kier alpha value is -3.08. The third-order valence-electron chi connectivity index (χ3n) is 3.65. The summed E-state index contributed by atoms with van der Waals surface area (Å²) in [4.78, 5) is 8.93. The van der Waals surface area contributed by atoms with Crippen molar-refractivity contribution < 1.29 is 25.5 Å². The van der Waals surface area contributed by atoms with Crippen molar-refractivity contribution >= 4 is 0 Å². The van der Waals surface area contributed by atoms with Crippen LogP contribution in [0.25, 0.3) is 22.6 Å². The predicted molar refractivity (Wildman–Crippen MR) is 104 cm³/mol. The minimum Gasteiger partial charge on any atom is -0.366 e. The van der Waals surface area contributed by atoms with Gasteiger partial charge in [0, 0.05) is 6.20 Å². The summed E-state index contributed by atoms with van der Waals surface area (Å²) in [5.41, 5.74) is 4.27. The summed E-state index contributed by atoms with van der Waals surface area (Å²) in [6.45, 7) is 0. The molecule has 2 nitrogen and oxygen atoms in total. The Morgan fingerprint density at radius 3 is 2.14 bits per heavy atom. The van der Waals surface area contributed by atoms with Gasteiger partial charge in [0.2, 0.25) is 0 Å². The van der Waals surface area contributed by atoms with E-state index in [0.717, 1.165) is 22.6 Å². The molecule has 2 aromatic heterocycles. The van der Waals surface area contributed by atoms with Gasteiger partial charge in [0.05, 0.1) is 11.4 Å². The maximum absolute atomic E-state index is 12.1. The molecule has 0 radical (unpaired) electrons. The fourth-order valence-corrected chi connectivity index (χ4v) is 2.33. The van der Waals surface area contributed by atoms with Crippen molar-refractivity contribution in [3.63, 3.8) is 0 Å². The minimum atomic E-state index is -0.283. The topological polar surface area (TPSA) is 25.8 Å². The molecule has 2 heterocycles. The number of nitrogens with zero attached hydrogens (tertiary/aromatic N) is 2. The van der Waals surface area contributed by atoms with Crippen LogP contribution in [0.4, 0.5) is 4.39 Å². The third kappa shape index (κ3) is 5.98. The van der Waals surface area contributed by atoms with E-state index in [9.17, 15) is 4.39 Å². The van der Waals surface area contributed by atoms with Crippen molar-refractivity contribution in [3.8, 4) is 28.6 Å². The van der Waals surface area contributed by atoms with Crippen LogP contribution in [0, 0.1) is 24.2 Å². The second-order valence-electron chi connectivity index (χ2n) is 5.53. The van der Waals surface area contributed by atoms with Crippen LogP contribution >= 0.6 is 0 Å². The summed E-state index contributed by atoms with van der Waals surface area (Å²) < 4.78 is 12.1. The zero-order valence-corrected chi connectivity index (χ0v) is 17.0. The van der Waals surface area contributed by atoms with Gasteiger partial charge in [0.15, 0.2) is 0 Å². The second-order valence-corrected chi connectivity index (χ2v) is 5.53. The molecule has 0 aliphatic carbocycles. The average molecular weight is 545 g/mol. The van der Waals surface area contributed by atoms with Crippen LogP contribution in [0.1, 0.15) is 5.56 Å². The van der Waals surface area contributed by atoms with Crippen LogP contribution in [0.3, 0.4) is 0 Å². The molecule has 0 unspecified atom stereocenters. The first-order valence-corrected chi connectivity index (χ1v) is 8.30. The molecule has 0 bridgehead atoms. The van der Waals surface area contributed by atoms with Gasteiger partial charge in [-0.05, 0) is 36.0 Å². The number of hydrogen-bond donors (Lipinski definition) is 0. The van der Waals surface area contributed by atoms with Gasteiger partial charge in [-0.25, -0.2) is 4.39 Å². The standard InChI is InChI=1S/C16H11N2.C8H4F.Pt/c1-2-7-13(8-3-1)14-10-6-11-16(18-14)15-9-4-5-12-17-15;1-2-7-3-5-8(9)6-4-7;/h1-7,9-12H;3-6H;/q2*-1;+2. The summed E-state index contributed by atoms with van der Waals surface area (Å²) >= 11 is 0. The molecule has 0 aliphatic rings. The first kappa shape index (κ1) is 21.2. The van der Waals surface area contributed by atoms with E-state index in [2.05, 4.69) is 22.0 Å². The molecule has 2 aromatic carbocycles. The van der Waals surface area contributed by atoms with Gasteiger partial charge < -0.3 is 6.42 Å². The molecule has 0 N–H and O–H groups in total. The van der Waals surface area contributed by atoms with Gasteiger partial charge in [-0.3, -0.25) is 15.9 Å². The molecular formula is C24H15FN2Pt. The Kier molecular flexibility index (Phi) is 8.28. The molecule has 0 aliphatic heterocycles. The molecular weight excluding hydrogens is 530 g/mol. The monoisotopic (exact) mass is 545 g/mol. The SMILES string of the molecule is [C-]#Cc1ccc(F)cc1.[Pt+2].[c-]1ccccc1-c1cccc(-c2ccccn2)n1. The van der Waals surface area contributed by atoms with Crippen LogP contribution in [-0.4, -0.2) is 9.97 Å². The van der Waals surface area contributed by atoms with E-state index >= 15 is 0 Å². The molecule has 0 atom stereocenters. The Morgan fingerprint density at radius 2 is 1.50 bits per heavy atom. The van der Waals surface area contributed by atoms with Crippen molar-refractivity contribution in [1.82, 2.24) is 9.97 Å². The summed E-state index contributed by atoms with van der Waals surface area (Å²) in [7, 11) is 0. The summed E-state index contributed by atoms with van der Waals surface area (Å²) in [6.07, 6.45) is 8.42. The molecule has 0 spiro atoms. The zero-order valence-electron chi connectivity index (χ0n) is 14.7. The molecule has 0 saturated heterocycles. The maximum atomic E-state index is 12.1. The van der Waals surface area contributed by atoms with Crippen LogP contribution in [0.5, 0.6) is 0 Å². The van der Waals surface area contributed by atoms with Crippen molar-refractivity contribution in [2.24, 2.45) is 0 Å². The summed E-state index contributed by atoms with van der Waals surface area (Å²) in [5, 5.41) is 0. The fourth-order valence-electron chi connectivity index (χ4n) is 2.33. The van der Waals surface area contributed by atoms with Gasteiger partial charge in [0.25, 0.3) is 0 Å². The molecule has 4 aromatic rings. The second kappa shape index (κ2) is 10.9. The van der Waals surface area contributed by atoms with E-state index in [1.165, 1.54) is 24.3 Å². The normalized spacial score (nSPS) is 9.29. The smallest absolute Gasteiger partial charge is 0.366 e. The molecule has 138 valence electrons. The molecule has 4 heteroatoms. The fraction of sp³-hybridized carbons (Fsp3) is 0. The first-order chi connectivity index (χ1) is 13.3. The maximum Gasteiger partial charge on any atom is 2.00 e. The number of pyridine rings is 2. The van der Waals surface area contributed by atoms with E-state index in [1.807, 2.05) is 60.7 Å². The minimum absolute atomic E-state index is 0. The molecule has 28 heavy (non-hydrogen) atoms. The van der Waals surface area contributed by atoms with E-state index in [1.54, 1.807) is 6.20 Å². The number of halogens is 1. The molecule has 0 fully saturated rings. The van der Waals surface area contributed by atoms with Gasteiger partial charge in [0.1, 0.15) is 5.82 Å². The quantitative estimate of drug-likeness (QED) is 0.250. The Morgan fingerprint density at radius 1 is 0.786 bits per heavy atom. The van der Waals surface area contributed by atoms with Crippen LogP contribution in [-0.2, 0) is 21.1 Å². The first-order valence-electron chi connectivity index (χ1n) is 8.30. The molecule has 4 rings (SSSR count). The van der Waals surface area contributed by atoms with Gasteiger partial charge in [-0.1, -0.05) is 18.2 Å². The number of rotatable bonds is 2. The number of hydrogen-bond acceptors (Lipinski definition) is 2. The average Bonchev–Trinajstić information content (AvgIpc) is 2.76. The van der Waals surface area contributed by atoms with Crippen molar-refractivity contribution in [1.29, 1.82) is 0 Å². The number of aromatic nitrogens is 2. The van der Waals surface area contributed by atoms with E-state index < -0.39 is 0 Å². The number of benzene rings is 2. The van der Waals surface area contributed by atoms with Crippen molar-refractivity contribution in [3.05, 3.63) is 115 Å². The molecule has 0 amide bonds. The van der Waals surface area contributed by atoms with Crippen LogP contribution in [0.2, 0.25) is 0 Å². The van der Waals surface area contributed by atoms with Crippen molar-refractivity contribution in [2.45, 2.75) is 0 Å². The van der Waals surface area contributed by atoms with Crippen LogP contribution in [0.15, 0.2) is 91.1 Å². The summed E-state index contributed by atoms with van der Waals surface area (Å²) in [5.74, 6) is 1.85. The molecule has 0 saturated carbocycles. The Labute approximate surface area is 178 Å². The van der Waals surface area contributed by atoms with Gasteiger partial charge in [-0.2, -0.15) is 0 Å². The summed E-state index contributed by atoms with van der Waals surface area (Å²) in [6, 6.07) is 28.4. The van der Waals surface area contributed by atoms with Crippen molar-refractivity contribution in [2.75, 3.05) is 0 Å². The Balaban J connectivity index is 0.000000239. The van der Waals surface area contributed by atoms with E-state index in [4.69, 9.17) is 6.42 Å². The van der Waals surface area contributed by atoms with Gasteiger partial charge in [-0.15, -0.1) is 53.6 Å². The Bertz CT molecular complexity index is 973.